The number of nitrogens with zero attached hydrogens (tertiary/aromatic N) is 1. The molecule has 2 nitrogen and oxygen atoms in total. The van der Waals surface area contributed by atoms with Crippen LogP contribution in [0.1, 0.15) is 30.9 Å². The molecule has 1 aliphatic heterocycles. The van der Waals surface area contributed by atoms with E-state index in [-0.39, 0.29) is 0 Å². The molecule has 1 saturated carbocycles. The average Bonchev–Trinajstić information content (AvgIpc) is 3.27. The molecule has 3 heteroatoms. The predicted octanol–water partition coefficient (Wildman–Crippen LogP) is 2.92. The van der Waals surface area contributed by atoms with Crippen molar-refractivity contribution >= 4 is 11.8 Å². The van der Waals surface area contributed by atoms with E-state index in [0.717, 1.165) is 19.1 Å². The Balaban J connectivity index is 1.58. The molecule has 1 aromatic carbocycles. The number of hydrogen-bond donors (Lipinski definition) is 1. The second-order valence-corrected chi connectivity index (χ2v) is 7.29. The van der Waals surface area contributed by atoms with Gasteiger partial charge in [-0.3, -0.25) is 4.90 Å². The molecule has 0 bridgehead atoms. The predicted molar refractivity (Wildman–Crippen MR) is 88.4 cm³/mol. The summed E-state index contributed by atoms with van der Waals surface area (Å²) in [4.78, 5) is 2.64. The van der Waals surface area contributed by atoms with Gasteiger partial charge in [0.2, 0.25) is 0 Å². The van der Waals surface area contributed by atoms with Crippen LogP contribution in [0.25, 0.3) is 0 Å². The van der Waals surface area contributed by atoms with E-state index >= 15 is 0 Å². The van der Waals surface area contributed by atoms with Gasteiger partial charge in [0.1, 0.15) is 0 Å². The molecule has 3 rings (SSSR count). The molecule has 110 valence electrons. The van der Waals surface area contributed by atoms with Crippen LogP contribution in [0.2, 0.25) is 0 Å². The van der Waals surface area contributed by atoms with Crippen LogP contribution in [0.3, 0.4) is 0 Å². The molecule has 0 aromatic heterocycles. The Morgan fingerprint density at radius 1 is 1.25 bits per heavy atom. The minimum atomic E-state index is 0.714. The maximum absolute atomic E-state index is 3.63. The normalized spacial score (nSPS) is 23.9. The molecule has 1 N–H and O–H groups in total. The van der Waals surface area contributed by atoms with E-state index in [0.29, 0.717) is 6.04 Å². The van der Waals surface area contributed by atoms with Crippen molar-refractivity contribution in [1.29, 1.82) is 0 Å². The van der Waals surface area contributed by atoms with Crippen molar-refractivity contribution in [2.75, 3.05) is 24.6 Å². The number of nitrogens with one attached hydrogen (secondary N) is 1. The van der Waals surface area contributed by atoms with Gasteiger partial charge < -0.3 is 5.32 Å². The Morgan fingerprint density at radius 3 is 2.80 bits per heavy atom. The SMILES string of the molecule is CC1CSCCN1Cc1ccccc1CCNC1CC1. The topological polar surface area (TPSA) is 15.3 Å². The highest BCUT2D eigenvalue weighted by Gasteiger charge is 2.21. The van der Waals surface area contributed by atoms with Crippen LogP contribution in [-0.4, -0.2) is 41.6 Å². The third-order valence-electron chi connectivity index (χ3n) is 4.40. The molecule has 2 aliphatic rings. The zero-order valence-electron chi connectivity index (χ0n) is 12.5. The van der Waals surface area contributed by atoms with Crippen LogP contribution < -0.4 is 5.32 Å². The first kappa shape index (κ1) is 14.4. The Morgan fingerprint density at radius 2 is 2.05 bits per heavy atom. The lowest BCUT2D eigenvalue weighted by Crippen LogP contribution is -2.39. The van der Waals surface area contributed by atoms with E-state index in [1.54, 1.807) is 0 Å². The van der Waals surface area contributed by atoms with Crippen LogP contribution in [0, 0.1) is 0 Å². The van der Waals surface area contributed by atoms with E-state index < -0.39 is 0 Å². The number of rotatable bonds is 6. The highest BCUT2D eigenvalue weighted by molar-refractivity contribution is 7.99. The standard InChI is InChI=1S/C17H26N2S/c1-14-13-20-11-10-19(14)12-16-5-3-2-4-15(16)8-9-18-17-6-7-17/h2-5,14,17-18H,6-13H2,1H3. The van der Waals surface area contributed by atoms with Gasteiger partial charge >= 0.3 is 0 Å². The van der Waals surface area contributed by atoms with E-state index in [9.17, 15) is 0 Å². The van der Waals surface area contributed by atoms with Crippen molar-refractivity contribution in [2.45, 2.75) is 44.8 Å². The summed E-state index contributed by atoms with van der Waals surface area (Å²) in [6, 6.07) is 10.5. The van der Waals surface area contributed by atoms with E-state index in [1.807, 2.05) is 0 Å². The zero-order valence-corrected chi connectivity index (χ0v) is 13.3. The summed E-state index contributed by atoms with van der Waals surface area (Å²) in [6.07, 6.45) is 3.93. The van der Waals surface area contributed by atoms with Crippen LogP contribution in [0.15, 0.2) is 24.3 Å². The molecule has 0 radical (unpaired) electrons. The quantitative estimate of drug-likeness (QED) is 0.867. The maximum atomic E-state index is 3.63. The van der Waals surface area contributed by atoms with Crippen LogP contribution in [0.4, 0.5) is 0 Å². The van der Waals surface area contributed by atoms with Crippen molar-refractivity contribution in [2.24, 2.45) is 0 Å². The minimum absolute atomic E-state index is 0.714. The highest BCUT2D eigenvalue weighted by atomic mass is 32.2. The fourth-order valence-electron chi connectivity index (χ4n) is 2.87. The van der Waals surface area contributed by atoms with Gasteiger partial charge in [0, 0.05) is 36.7 Å². The third-order valence-corrected chi connectivity index (χ3v) is 5.59. The monoisotopic (exact) mass is 290 g/mol. The van der Waals surface area contributed by atoms with Gasteiger partial charge in [0.25, 0.3) is 0 Å². The van der Waals surface area contributed by atoms with Crippen LogP contribution in [-0.2, 0) is 13.0 Å². The van der Waals surface area contributed by atoms with Crippen molar-refractivity contribution in [3.63, 3.8) is 0 Å². The largest absolute Gasteiger partial charge is 0.314 e. The van der Waals surface area contributed by atoms with Crippen molar-refractivity contribution in [3.8, 4) is 0 Å². The summed E-state index contributed by atoms with van der Waals surface area (Å²) in [6.45, 7) is 5.86. The van der Waals surface area contributed by atoms with Crippen molar-refractivity contribution in [3.05, 3.63) is 35.4 Å². The zero-order chi connectivity index (χ0) is 13.8. The summed E-state index contributed by atoms with van der Waals surface area (Å²) < 4.78 is 0. The summed E-state index contributed by atoms with van der Waals surface area (Å²) in [5, 5.41) is 3.63. The molecular weight excluding hydrogens is 264 g/mol. The van der Waals surface area contributed by atoms with Gasteiger partial charge in [-0.25, -0.2) is 0 Å². The summed E-state index contributed by atoms with van der Waals surface area (Å²) >= 11 is 2.09. The van der Waals surface area contributed by atoms with E-state index in [1.165, 1.54) is 48.4 Å². The first-order chi connectivity index (χ1) is 9.83. The number of thioether (sulfide) groups is 1. The van der Waals surface area contributed by atoms with Crippen molar-refractivity contribution in [1.82, 2.24) is 10.2 Å². The third kappa shape index (κ3) is 4.00. The number of hydrogen-bond acceptors (Lipinski definition) is 3. The van der Waals surface area contributed by atoms with Crippen LogP contribution in [0.5, 0.6) is 0 Å². The first-order valence-electron chi connectivity index (χ1n) is 7.95. The molecule has 1 saturated heterocycles. The molecule has 1 aromatic rings. The Hall–Kier alpha value is -0.510. The van der Waals surface area contributed by atoms with Crippen LogP contribution >= 0.6 is 11.8 Å². The fourth-order valence-corrected chi connectivity index (χ4v) is 3.95. The van der Waals surface area contributed by atoms with Crippen molar-refractivity contribution < 1.29 is 0 Å². The Labute approximate surface area is 127 Å². The minimum Gasteiger partial charge on any atom is -0.314 e. The van der Waals surface area contributed by atoms with E-state index in [2.05, 4.69) is 53.2 Å². The molecule has 1 aliphatic carbocycles. The summed E-state index contributed by atoms with van der Waals surface area (Å²) in [5.41, 5.74) is 3.06. The first-order valence-corrected chi connectivity index (χ1v) is 9.10. The lowest BCUT2D eigenvalue weighted by molar-refractivity contribution is 0.223. The molecule has 0 amide bonds. The molecular formula is C17H26N2S. The second kappa shape index (κ2) is 6.97. The van der Waals surface area contributed by atoms with Gasteiger partial charge in [-0.15, -0.1) is 0 Å². The Bertz CT molecular complexity index is 431. The van der Waals surface area contributed by atoms with Gasteiger partial charge in [-0.2, -0.15) is 11.8 Å². The lowest BCUT2D eigenvalue weighted by atomic mass is 10.0. The molecule has 1 unspecified atom stereocenters. The maximum Gasteiger partial charge on any atom is 0.0239 e. The number of benzene rings is 1. The van der Waals surface area contributed by atoms with Gasteiger partial charge in [0.15, 0.2) is 0 Å². The molecule has 20 heavy (non-hydrogen) atoms. The molecule has 1 atom stereocenters. The fraction of sp³-hybridized carbons (Fsp3) is 0.647. The van der Waals surface area contributed by atoms with Gasteiger partial charge in [0.05, 0.1) is 0 Å². The van der Waals surface area contributed by atoms with Gasteiger partial charge in [-0.05, 0) is 43.9 Å². The summed E-state index contributed by atoms with van der Waals surface area (Å²) in [7, 11) is 0. The molecule has 2 fully saturated rings. The second-order valence-electron chi connectivity index (χ2n) is 6.14. The lowest BCUT2D eigenvalue weighted by Gasteiger charge is -2.33. The average molecular weight is 290 g/mol. The van der Waals surface area contributed by atoms with Gasteiger partial charge in [-0.1, -0.05) is 24.3 Å². The Kier molecular flexibility index (Phi) is 5.03. The highest BCUT2D eigenvalue weighted by Crippen LogP contribution is 2.21. The molecule has 0 spiro atoms. The van der Waals surface area contributed by atoms with E-state index in [4.69, 9.17) is 0 Å². The molecule has 1 heterocycles. The smallest absolute Gasteiger partial charge is 0.0239 e. The summed E-state index contributed by atoms with van der Waals surface area (Å²) in [5.74, 6) is 2.57.